The van der Waals surface area contributed by atoms with Crippen LogP contribution in [0.3, 0.4) is 0 Å². The van der Waals surface area contributed by atoms with Crippen LogP contribution in [-0.2, 0) is 4.79 Å². The molecule has 2 N–H and O–H groups in total. The van der Waals surface area contributed by atoms with E-state index in [2.05, 4.69) is 26.2 Å². The van der Waals surface area contributed by atoms with Crippen LogP contribution in [0.1, 0.15) is 24.0 Å². The number of nitrogens with two attached hydrogens (primary N) is 1. The molecule has 0 saturated heterocycles. The van der Waals surface area contributed by atoms with Crippen molar-refractivity contribution in [3.63, 3.8) is 0 Å². The van der Waals surface area contributed by atoms with E-state index in [9.17, 15) is 4.79 Å². The van der Waals surface area contributed by atoms with Gasteiger partial charge in [0.1, 0.15) is 0 Å². The van der Waals surface area contributed by atoms with Crippen LogP contribution >= 0.6 is 15.9 Å². The summed E-state index contributed by atoms with van der Waals surface area (Å²) >= 11 is 3.50. The van der Waals surface area contributed by atoms with Crippen LogP contribution in [-0.4, -0.2) is 11.9 Å². The summed E-state index contributed by atoms with van der Waals surface area (Å²) in [5.41, 5.74) is 8.17. The number of amides is 1. The summed E-state index contributed by atoms with van der Waals surface area (Å²) in [5.74, 6) is -0.301. The minimum Gasteiger partial charge on any atom is -0.370 e. The molecule has 1 aromatic rings. The zero-order valence-corrected chi connectivity index (χ0v) is 11.6. The van der Waals surface area contributed by atoms with Gasteiger partial charge < -0.3 is 5.73 Å². The number of azo groups is 1. The lowest BCUT2D eigenvalue weighted by Crippen LogP contribution is -2.12. The van der Waals surface area contributed by atoms with E-state index in [-0.39, 0.29) is 11.9 Å². The number of carbonyl (C=O) groups is 1. The number of halogens is 1. The average Bonchev–Trinajstić information content (AvgIpc) is 2.79. The zero-order valence-electron chi connectivity index (χ0n) is 10.1. The molecule has 1 aromatic carbocycles. The maximum absolute atomic E-state index is 10.7. The van der Waals surface area contributed by atoms with Gasteiger partial charge in [-0.3, -0.25) is 4.79 Å². The number of aryl methyl sites for hydroxylation is 1. The lowest BCUT2D eigenvalue weighted by Gasteiger charge is -2.02. The molecular formula is C13H14BrN3O. The van der Waals surface area contributed by atoms with Crippen LogP contribution < -0.4 is 5.73 Å². The Hall–Kier alpha value is -1.49. The average molecular weight is 308 g/mol. The molecular weight excluding hydrogens is 294 g/mol. The maximum Gasteiger partial charge on any atom is 0.217 e. The highest BCUT2D eigenvalue weighted by Gasteiger charge is 2.15. The second-order valence-corrected chi connectivity index (χ2v) is 5.16. The normalized spacial score (nSPS) is 17.9. The Labute approximate surface area is 114 Å². The van der Waals surface area contributed by atoms with Crippen molar-refractivity contribution >= 4 is 27.5 Å². The van der Waals surface area contributed by atoms with Crippen LogP contribution in [0.15, 0.2) is 39.0 Å². The Kier molecular flexibility index (Phi) is 3.91. The molecule has 0 aromatic heterocycles. The van der Waals surface area contributed by atoms with Gasteiger partial charge in [0.05, 0.1) is 11.7 Å². The van der Waals surface area contributed by atoms with E-state index in [0.717, 1.165) is 15.7 Å². The molecule has 1 aliphatic heterocycles. The molecule has 1 amide bonds. The molecule has 1 heterocycles. The first kappa shape index (κ1) is 13.0. The fourth-order valence-corrected chi connectivity index (χ4v) is 2.10. The van der Waals surface area contributed by atoms with Crippen molar-refractivity contribution in [2.75, 3.05) is 0 Å². The van der Waals surface area contributed by atoms with Gasteiger partial charge >= 0.3 is 0 Å². The number of hydrogen-bond donors (Lipinski definition) is 1. The summed E-state index contributed by atoms with van der Waals surface area (Å²) in [6.45, 7) is 2.04. The summed E-state index contributed by atoms with van der Waals surface area (Å²) in [5, 5.41) is 8.28. The largest absolute Gasteiger partial charge is 0.370 e. The Morgan fingerprint density at radius 1 is 1.50 bits per heavy atom. The summed E-state index contributed by atoms with van der Waals surface area (Å²) < 4.78 is 1.05. The first-order valence-electron chi connectivity index (χ1n) is 5.74. The zero-order chi connectivity index (χ0) is 13.1. The van der Waals surface area contributed by atoms with Gasteiger partial charge in [0.25, 0.3) is 0 Å². The first-order chi connectivity index (χ1) is 8.56. The van der Waals surface area contributed by atoms with E-state index in [0.29, 0.717) is 12.8 Å². The van der Waals surface area contributed by atoms with Gasteiger partial charge in [-0.05, 0) is 31.1 Å². The lowest BCUT2D eigenvalue weighted by atomic mass is 10.1. The monoisotopic (exact) mass is 307 g/mol. The third-order valence-corrected chi connectivity index (χ3v) is 3.67. The number of rotatable bonds is 4. The summed E-state index contributed by atoms with van der Waals surface area (Å²) in [6, 6.07) is 6.04. The highest BCUT2D eigenvalue weighted by molar-refractivity contribution is 9.10. The molecule has 94 valence electrons. The summed E-state index contributed by atoms with van der Waals surface area (Å²) in [7, 11) is 0. The van der Waals surface area contributed by atoms with Crippen LogP contribution in [0.5, 0.6) is 0 Å². The van der Waals surface area contributed by atoms with Gasteiger partial charge in [0.15, 0.2) is 0 Å². The SMILES string of the molecule is Cc1ccc(C2=CC(CCC(N)=O)N=N2)cc1Br. The minimum atomic E-state index is -0.301. The van der Waals surface area contributed by atoms with E-state index < -0.39 is 0 Å². The Bertz CT molecular complexity index is 537. The fourth-order valence-electron chi connectivity index (χ4n) is 1.72. The molecule has 0 bridgehead atoms. The fraction of sp³-hybridized carbons (Fsp3) is 0.308. The third-order valence-electron chi connectivity index (χ3n) is 2.82. The van der Waals surface area contributed by atoms with Crippen molar-refractivity contribution < 1.29 is 4.79 Å². The van der Waals surface area contributed by atoms with Crippen molar-refractivity contribution in [2.24, 2.45) is 16.0 Å². The van der Waals surface area contributed by atoms with Gasteiger partial charge in [-0.2, -0.15) is 10.2 Å². The molecule has 4 nitrogen and oxygen atoms in total. The minimum absolute atomic E-state index is 0.0346. The molecule has 1 unspecified atom stereocenters. The maximum atomic E-state index is 10.7. The van der Waals surface area contributed by atoms with Crippen molar-refractivity contribution in [1.82, 2.24) is 0 Å². The van der Waals surface area contributed by atoms with E-state index >= 15 is 0 Å². The number of benzene rings is 1. The summed E-state index contributed by atoms with van der Waals surface area (Å²) in [4.78, 5) is 10.7. The molecule has 1 aliphatic rings. The Morgan fingerprint density at radius 3 is 2.94 bits per heavy atom. The van der Waals surface area contributed by atoms with Gasteiger partial charge in [0, 0.05) is 16.5 Å². The first-order valence-corrected chi connectivity index (χ1v) is 6.53. The molecule has 0 spiro atoms. The predicted molar refractivity (Wildman–Crippen MR) is 73.9 cm³/mol. The Morgan fingerprint density at radius 2 is 2.28 bits per heavy atom. The number of nitrogens with zero attached hydrogens (tertiary/aromatic N) is 2. The third kappa shape index (κ3) is 3.04. The quantitative estimate of drug-likeness (QED) is 0.912. The highest BCUT2D eigenvalue weighted by Crippen LogP contribution is 2.28. The lowest BCUT2D eigenvalue weighted by molar-refractivity contribution is -0.118. The van der Waals surface area contributed by atoms with E-state index in [1.54, 1.807) is 0 Å². The van der Waals surface area contributed by atoms with E-state index in [4.69, 9.17) is 5.73 Å². The van der Waals surface area contributed by atoms with Crippen molar-refractivity contribution in [3.8, 4) is 0 Å². The topological polar surface area (TPSA) is 67.8 Å². The number of hydrogen-bond acceptors (Lipinski definition) is 3. The van der Waals surface area contributed by atoms with Crippen LogP contribution in [0.2, 0.25) is 0 Å². The van der Waals surface area contributed by atoms with Crippen molar-refractivity contribution in [1.29, 1.82) is 0 Å². The van der Waals surface area contributed by atoms with Crippen LogP contribution in [0.4, 0.5) is 0 Å². The van der Waals surface area contributed by atoms with E-state index in [1.807, 2.05) is 31.2 Å². The molecule has 1 atom stereocenters. The van der Waals surface area contributed by atoms with Crippen molar-refractivity contribution in [2.45, 2.75) is 25.8 Å². The smallest absolute Gasteiger partial charge is 0.217 e. The molecule has 2 rings (SSSR count). The van der Waals surface area contributed by atoms with Crippen molar-refractivity contribution in [3.05, 3.63) is 39.9 Å². The molecule has 5 heteroatoms. The molecule has 18 heavy (non-hydrogen) atoms. The highest BCUT2D eigenvalue weighted by atomic mass is 79.9. The summed E-state index contributed by atoms with van der Waals surface area (Å²) in [6.07, 6.45) is 2.93. The Balaban J connectivity index is 2.11. The van der Waals surface area contributed by atoms with Gasteiger partial charge in [-0.15, -0.1) is 0 Å². The second-order valence-electron chi connectivity index (χ2n) is 4.30. The van der Waals surface area contributed by atoms with Gasteiger partial charge in [-0.25, -0.2) is 0 Å². The van der Waals surface area contributed by atoms with Crippen LogP contribution in [0, 0.1) is 6.92 Å². The molecule has 0 aliphatic carbocycles. The van der Waals surface area contributed by atoms with E-state index in [1.165, 1.54) is 5.56 Å². The number of carbonyl (C=O) groups excluding carboxylic acids is 1. The van der Waals surface area contributed by atoms with Crippen LogP contribution in [0.25, 0.3) is 5.70 Å². The number of primary amides is 1. The standard InChI is InChI=1S/C13H14BrN3O/c1-8-2-3-9(6-11(8)14)12-7-10(16-17-12)4-5-13(15)18/h2-3,6-7,10H,4-5H2,1H3,(H2,15,18). The van der Waals surface area contributed by atoms with Gasteiger partial charge in [-0.1, -0.05) is 28.1 Å². The molecule has 0 saturated carbocycles. The van der Waals surface area contributed by atoms with Gasteiger partial charge in [0.2, 0.25) is 5.91 Å². The predicted octanol–water partition coefficient (Wildman–Crippen LogP) is 3.20. The molecule has 0 fully saturated rings. The second kappa shape index (κ2) is 5.44. The molecule has 0 radical (unpaired) electrons.